The molecule has 0 bridgehead atoms. The van der Waals surface area contributed by atoms with Gasteiger partial charge in [-0.3, -0.25) is 4.79 Å². The van der Waals surface area contributed by atoms with Crippen molar-refractivity contribution in [1.82, 2.24) is 5.32 Å². The van der Waals surface area contributed by atoms with Gasteiger partial charge in [-0.15, -0.1) is 11.8 Å². The fourth-order valence-electron chi connectivity index (χ4n) is 2.68. The first-order valence-corrected chi connectivity index (χ1v) is 8.79. The van der Waals surface area contributed by atoms with Crippen LogP contribution in [0.1, 0.15) is 44.1 Å². The summed E-state index contributed by atoms with van der Waals surface area (Å²) >= 11 is 2.00. The summed E-state index contributed by atoms with van der Waals surface area (Å²) in [5, 5.41) is 6.75. The Balaban J connectivity index is 1.91. The van der Waals surface area contributed by atoms with Crippen LogP contribution in [-0.2, 0) is 4.79 Å². The molecule has 0 atom stereocenters. The second-order valence-corrected chi connectivity index (χ2v) is 7.13. The maximum atomic E-state index is 11.8. The van der Waals surface area contributed by atoms with E-state index in [9.17, 15) is 4.79 Å². The lowest BCUT2D eigenvalue weighted by Gasteiger charge is -2.21. The molecule has 4 heteroatoms. The van der Waals surface area contributed by atoms with Crippen LogP contribution in [0.15, 0.2) is 23.1 Å². The number of anilines is 1. The zero-order valence-electron chi connectivity index (χ0n) is 13.1. The van der Waals surface area contributed by atoms with E-state index in [-0.39, 0.29) is 5.91 Å². The average Bonchev–Trinajstić information content (AvgIpc) is 2.49. The highest BCUT2D eigenvalue weighted by molar-refractivity contribution is 8.00. The van der Waals surface area contributed by atoms with Crippen molar-refractivity contribution in [3.05, 3.63) is 23.8 Å². The van der Waals surface area contributed by atoms with Gasteiger partial charge in [0.05, 0.1) is 0 Å². The van der Waals surface area contributed by atoms with E-state index < -0.39 is 0 Å². The monoisotopic (exact) mass is 306 g/mol. The summed E-state index contributed by atoms with van der Waals surface area (Å²) in [5.74, 6) is 0.0696. The van der Waals surface area contributed by atoms with Crippen LogP contribution in [0.4, 0.5) is 5.69 Å². The smallest absolute Gasteiger partial charge is 0.225 e. The number of benzene rings is 1. The molecule has 0 aromatic heterocycles. The van der Waals surface area contributed by atoms with Crippen LogP contribution in [0.2, 0.25) is 0 Å². The quantitative estimate of drug-likeness (QED) is 0.835. The van der Waals surface area contributed by atoms with Gasteiger partial charge < -0.3 is 10.6 Å². The fourth-order valence-corrected chi connectivity index (χ4v) is 4.02. The van der Waals surface area contributed by atoms with Crippen LogP contribution >= 0.6 is 11.8 Å². The third kappa shape index (κ3) is 5.36. The Labute approximate surface area is 132 Å². The van der Waals surface area contributed by atoms with Crippen LogP contribution in [0.5, 0.6) is 0 Å². The molecular formula is C17H26N2OS. The van der Waals surface area contributed by atoms with Crippen LogP contribution in [-0.4, -0.2) is 24.7 Å². The molecule has 0 aliphatic heterocycles. The fraction of sp³-hybridized carbons (Fsp3) is 0.588. The van der Waals surface area contributed by atoms with Crippen LogP contribution < -0.4 is 10.6 Å². The van der Waals surface area contributed by atoms with Gasteiger partial charge in [0.25, 0.3) is 0 Å². The molecule has 1 amide bonds. The van der Waals surface area contributed by atoms with Crippen molar-refractivity contribution in [3.63, 3.8) is 0 Å². The second-order valence-electron chi connectivity index (χ2n) is 5.76. The molecule has 1 aromatic carbocycles. The van der Waals surface area contributed by atoms with E-state index in [4.69, 9.17) is 0 Å². The molecule has 0 radical (unpaired) electrons. The molecule has 21 heavy (non-hydrogen) atoms. The molecule has 1 saturated carbocycles. The Bertz CT molecular complexity index is 470. The lowest BCUT2D eigenvalue weighted by Crippen LogP contribution is -2.19. The number of rotatable bonds is 6. The Morgan fingerprint density at radius 3 is 2.71 bits per heavy atom. The minimum Gasteiger partial charge on any atom is -0.326 e. The van der Waals surface area contributed by atoms with E-state index in [1.807, 2.05) is 24.9 Å². The number of hydrogen-bond acceptors (Lipinski definition) is 3. The van der Waals surface area contributed by atoms with Crippen molar-refractivity contribution >= 4 is 23.4 Å². The van der Waals surface area contributed by atoms with E-state index in [2.05, 4.69) is 29.7 Å². The Hall–Kier alpha value is -1.00. The highest BCUT2D eigenvalue weighted by Crippen LogP contribution is 2.34. The molecule has 2 rings (SSSR count). The van der Waals surface area contributed by atoms with Gasteiger partial charge in [0.2, 0.25) is 5.91 Å². The van der Waals surface area contributed by atoms with Gasteiger partial charge in [0.1, 0.15) is 0 Å². The van der Waals surface area contributed by atoms with Crippen molar-refractivity contribution in [1.29, 1.82) is 0 Å². The SMILES string of the molecule is CNCCC(=O)Nc1ccc(SC2CCCCC2)cc1C. The van der Waals surface area contributed by atoms with Crippen molar-refractivity contribution in [2.24, 2.45) is 0 Å². The van der Waals surface area contributed by atoms with Crippen molar-refractivity contribution in [2.45, 2.75) is 55.6 Å². The minimum atomic E-state index is 0.0696. The molecule has 0 heterocycles. The highest BCUT2D eigenvalue weighted by atomic mass is 32.2. The Kier molecular flexibility index (Phi) is 6.58. The van der Waals surface area contributed by atoms with E-state index in [1.54, 1.807) is 0 Å². The van der Waals surface area contributed by atoms with Gasteiger partial charge >= 0.3 is 0 Å². The van der Waals surface area contributed by atoms with Crippen molar-refractivity contribution in [2.75, 3.05) is 18.9 Å². The van der Waals surface area contributed by atoms with E-state index in [0.717, 1.165) is 16.5 Å². The van der Waals surface area contributed by atoms with Gasteiger partial charge in [0, 0.05) is 28.8 Å². The maximum absolute atomic E-state index is 11.8. The minimum absolute atomic E-state index is 0.0696. The number of aryl methyl sites for hydroxylation is 1. The third-order valence-corrected chi connectivity index (χ3v) is 5.26. The summed E-state index contributed by atoms with van der Waals surface area (Å²) in [5.41, 5.74) is 2.08. The second kappa shape index (κ2) is 8.44. The molecule has 2 N–H and O–H groups in total. The molecule has 0 unspecified atom stereocenters. The number of hydrogen-bond donors (Lipinski definition) is 2. The zero-order chi connectivity index (χ0) is 15.1. The number of carbonyl (C=O) groups is 1. The van der Waals surface area contributed by atoms with Crippen molar-refractivity contribution in [3.8, 4) is 0 Å². The van der Waals surface area contributed by atoms with Crippen LogP contribution in [0.3, 0.4) is 0 Å². The summed E-state index contributed by atoms with van der Waals surface area (Å²) < 4.78 is 0. The van der Waals surface area contributed by atoms with Gasteiger partial charge in [-0.1, -0.05) is 19.3 Å². The Morgan fingerprint density at radius 2 is 2.05 bits per heavy atom. The summed E-state index contributed by atoms with van der Waals surface area (Å²) in [4.78, 5) is 13.1. The lowest BCUT2D eigenvalue weighted by atomic mass is 10.0. The molecule has 1 aromatic rings. The number of nitrogens with one attached hydrogen (secondary N) is 2. The molecular weight excluding hydrogens is 280 g/mol. The van der Waals surface area contributed by atoms with Gasteiger partial charge in [-0.25, -0.2) is 0 Å². The Morgan fingerprint density at radius 1 is 1.29 bits per heavy atom. The lowest BCUT2D eigenvalue weighted by molar-refractivity contribution is -0.116. The first-order valence-electron chi connectivity index (χ1n) is 7.91. The zero-order valence-corrected chi connectivity index (χ0v) is 13.9. The molecule has 1 fully saturated rings. The normalized spacial score (nSPS) is 15.9. The highest BCUT2D eigenvalue weighted by Gasteiger charge is 2.15. The maximum Gasteiger partial charge on any atom is 0.225 e. The number of thioether (sulfide) groups is 1. The van der Waals surface area contributed by atoms with E-state index in [0.29, 0.717) is 13.0 Å². The van der Waals surface area contributed by atoms with Crippen LogP contribution in [0.25, 0.3) is 0 Å². The van der Waals surface area contributed by atoms with Crippen LogP contribution in [0, 0.1) is 6.92 Å². The van der Waals surface area contributed by atoms with E-state index >= 15 is 0 Å². The molecule has 3 nitrogen and oxygen atoms in total. The molecule has 0 spiro atoms. The van der Waals surface area contributed by atoms with Gasteiger partial charge in [-0.2, -0.15) is 0 Å². The summed E-state index contributed by atoms with van der Waals surface area (Å²) in [7, 11) is 1.86. The topological polar surface area (TPSA) is 41.1 Å². The average molecular weight is 306 g/mol. The van der Waals surface area contributed by atoms with Crippen molar-refractivity contribution < 1.29 is 4.79 Å². The summed E-state index contributed by atoms with van der Waals surface area (Å²) in [6, 6.07) is 6.38. The number of amides is 1. The first kappa shape index (κ1) is 16.4. The largest absolute Gasteiger partial charge is 0.326 e. The third-order valence-electron chi connectivity index (χ3n) is 3.93. The van der Waals surface area contributed by atoms with Gasteiger partial charge in [0.15, 0.2) is 0 Å². The molecule has 116 valence electrons. The molecule has 0 saturated heterocycles. The standard InChI is InChI=1S/C17H26N2OS/c1-13-12-15(21-14-6-4-3-5-7-14)8-9-16(13)19-17(20)10-11-18-2/h8-9,12,14,18H,3-7,10-11H2,1-2H3,(H,19,20). The van der Waals surface area contributed by atoms with E-state index in [1.165, 1.54) is 37.0 Å². The van der Waals surface area contributed by atoms with Gasteiger partial charge in [-0.05, 0) is 50.6 Å². The molecule has 1 aliphatic rings. The summed E-state index contributed by atoms with van der Waals surface area (Å²) in [6.07, 6.45) is 7.33. The predicted octanol–water partition coefficient (Wildman–Crippen LogP) is 3.97. The predicted molar refractivity (Wildman–Crippen MR) is 91.1 cm³/mol. The first-order chi connectivity index (χ1) is 10.2. The number of carbonyl (C=O) groups excluding carboxylic acids is 1. The summed E-state index contributed by atoms with van der Waals surface area (Å²) in [6.45, 7) is 2.78. The molecule has 1 aliphatic carbocycles.